The van der Waals surface area contributed by atoms with E-state index in [-0.39, 0.29) is 0 Å². The minimum Gasteiger partial charge on any atom is -0.245 e. The fourth-order valence-electron chi connectivity index (χ4n) is 1.26. The van der Waals surface area contributed by atoms with Crippen molar-refractivity contribution in [2.45, 2.75) is 24.0 Å². The Balaban J connectivity index is 2.22. The molecule has 0 saturated carbocycles. The predicted octanol–water partition coefficient (Wildman–Crippen LogP) is 1.91. The molecule has 0 aliphatic rings. The Morgan fingerprint density at radius 3 is 2.35 bits per heavy atom. The van der Waals surface area contributed by atoms with Crippen LogP contribution in [0.1, 0.15) is 17.1 Å². The van der Waals surface area contributed by atoms with E-state index in [9.17, 15) is 0 Å². The highest BCUT2D eigenvalue weighted by molar-refractivity contribution is 7.99. The molecule has 0 spiro atoms. The molecule has 0 unspecified atom stereocenters. The van der Waals surface area contributed by atoms with E-state index in [2.05, 4.69) is 19.9 Å². The Morgan fingerprint density at radius 1 is 1.12 bits per heavy atom. The van der Waals surface area contributed by atoms with Crippen LogP contribution in [0.2, 0.25) is 0 Å². The quantitative estimate of drug-likeness (QED) is 0.750. The van der Waals surface area contributed by atoms with Crippen LogP contribution >= 0.6 is 11.8 Å². The standard InChI is InChI=1S/C11H9N5S/c1-7-3-8(2)16-11(15-7)17-10-6-13-9(4-12)5-14-10/h3,5-6H,1-2H3. The lowest BCUT2D eigenvalue weighted by atomic mass is 10.4. The van der Waals surface area contributed by atoms with Gasteiger partial charge in [0.2, 0.25) is 0 Å². The molecule has 0 aliphatic heterocycles. The summed E-state index contributed by atoms with van der Waals surface area (Å²) >= 11 is 1.33. The largest absolute Gasteiger partial charge is 0.245 e. The van der Waals surface area contributed by atoms with E-state index in [4.69, 9.17) is 5.26 Å². The molecule has 0 radical (unpaired) electrons. The van der Waals surface area contributed by atoms with Gasteiger partial charge in [-0.25, -0.2) is 19.9 Å². The van der Waals surface area contributed by atoms with Crippen molar-refractivity contribution in [1.82, 2.24) is 19.9 Å². The first-order valence-electron chi connectivity index (χ1n) is 4.89. The Morgan fingerprint density at radius 2 is 1.82 bits per heavy atom. The number of aromatic nitrogens is 4. The number of rotatable bonds is 2. The molecule has 0 aliphatic carbocycles. The third-order valence-corrected chi connectivity index (χ3v) is 2.69. The monoisotopic (exact) mass is 243 g/mol. The molecule has 2 aromatic heterocycles. The minimum absolute atomic E-state index is 0.302. The first-order chi connectivity index (χ1) is 8.17. The van der Waals surface area contributed by atoms with Crippen molar-refractivity contribution in [2.24, 2.45) is 0 Å². The van der Waals surface area contributed by atoms with Crippen molar-refractivity contribution in [3.8, 4) is 6.07 Å². The fraction of sp³-hybridized carbons (Fsp3) is 0.182. The zero-order valence-electron chi connectivity index (χ0n) is 9.38. The highest BCUT2D eigenvalue weighted by Crippen LogP contribution is 2.21. The maximum Gasteiger partial charge on any atom is 0.194 e. The second kappa shape index (κ2) is 4.89. The molecule has 2 rings (SSSR count). The second-order valence-electron chi connectivity index (χ2n) is 3.39. The van der Waals surface area contributed by atoms with E-state index in [1.165, 1.54) is 18.0 Å². The van der Waals surface area contributed by atoms with Crippen molar-refractivity contribution >= 4 is 11.8 Å². The lowest BCUT2D eigenvalue weighted by Crippen LogP contribution is -1.94. The van der Waals surface area contributed by atoms with Gasteiger partial charge in [-0.1, -0.05) is 0 Å². The smallest absolute Gasteiger partial charge is 0.194 e. The van der Waals surface area contributed by atoms with Gasteiger partial charge >= 0.3 is 0 Å². The number of aryl methyl sites for hydroxylation is 2. The minimum atomic E-state index is 0.302. The summed E-state index contributed by atoms with van der Waals surface area (Å²) in [6.07, 6.45) is 2.98. The van der Waals surface area contributed by atoms with Crippen molar-refractivity contribution in [2.75, 3.05) is 0 Å². The summed E-state index contributed by atoms with van der Waals surface area (Å²) in [6.45, 7) is 3.84. The first-order valence-corrected chi connectivity index (χ1v) is 5.71. The van der Waals surface area contributed by atoms with Crippen molar-refractivity contribution < 1.29 is 0 Å². The van der Waals surface area contributed by atoms with Crippen molar-refractivity contribution in [3.05, 3.63) is 35.5 Å². The van der Waals surface area contributed by atoms with Crippen LogP contribution in [0.25, 0.3) is 0 Å². The lowest BCUT2D eigenvalue weighted by Gasteiger charge is -2.01. The van der Waals surface area contributed by atoms with Crippen LogP contribution < -0.4 is 0 Å². The summed E-state index contributed by atoms with van der Waals surface area (Å²) in [7, 11) is 0. The first kappa shape index (κ1) is 11.5. The van der Waals surface area contributed by atoms with E-state index < -0.39 is 0 Å². The molecule has 5 nitrogen and oxygen atoms in total. The maximum absolute atomic E-state index is 8.61. The van der Waals surface area contributed by atoms with Crippen molar-refractivity contribution in [3.63, 3.8) is 0 Å². The van der Waals surface area contributed by atoms with Gasteiger partial charge in [-0.3, -0.25) is 0 Å². The van der Waals surface area contributed by atoms with Gasteiger partial charge in [0.25, 0.3) is 0 Å². The summed E-state index contributed by atoms with van der Waals surface area (Å²) in [4.78, 5) is 16.6. The van der Waals surface area contributed by atoms with Gasteiger partial charge in [0.15, 0.2) is 10.9 Å². The molecule has 0 N–H and O–H groups in total. The van der Waals surface area contributed by atoms with Crippen LogP contribution in [-0.2, 0) is 0 Å². The Hall–Kier alpha value is -2.00. The van der Waals surface area contributed by atoms with Crippen LogP contribution in [0.5, 0.6) is 0 Å². The second-order valence-corrected chi connectivity index (χ2v) is 4.37. The zero-order valence-corrected chi connectivity index (χ0v) is 10.2. The summed E-state index contributed by atoms with van der Waals surface area (Å²) in [5.41, 5.74) is 2.14. The Labute approximate surface area is 103 Å². The Kier molecular flexibility index (Phi) is 3.30. The molecule has 0 bridgehead atoms. The van der Waals surface area contributed by atoms with E-state index in [0.717, 1.165) is 11.4 Å². The lowest BCUT2D eigenvalue weighted by molar-refractivity contribution is 0.896. The molecule has 0 atom stereocenters. The number of hydrogen-bond donors (Lipinski definition) is 0. The van der Waals surface area contributed by atoms with E-state index in [1.807, 2.05) is 26.0 Å². The topological polar surface area (TPSA) is 75.3 Å². The predicted molar refractivity (Wildman–Crippen MR) is 62.4 cm³/mol. The van der Waals surface area contributed by atoms with Gasteiger partial charge in [0.1, 0.15) is 11.1 Å². The van der Waals surface area contributed by atoms with Gasteiger partial charge in [0, 0.05) is 11.4 Å². The molecule has 0 saturated heterocycles. The van der Waals surface area contributed by atoms with Crippen LogP contribution in [0.15, 0.2) is 28.6 Å². The summed E-state index contributed by atoms with van der Waals surface area (Å²) in [5, 5.41) is 9.92. The van der Waals surface area contributed by atoms with Crippen molar-refractivity contribution in [1.29, 1.82) is 5.26 Å². The third-order valence-electron chi connectivity index (χ3n) is 1.90. The van der Waals surface area contributed by atoms with E-state index in [0.29, 0.717) is 15.9 Å². The number of nitriles is 1. The number of nitrogens with zero attached hydrogens (tertiary/aromatic N) is 5. The molecular weight excluding hydrogens is 234 g/mol. The Bertz CT molecular complexity index is 553. The van der Waals surface area contributed by atoms with Gasteiger partial charge < -0.3 is 0 Å². The maximum atomic E-state index is 8.61. The fourth-order valence-corrected chi connectivity index (χ4v) is 2.04. The molecule has 0 aromatic carbocycles. The van der Waals surface area contributed by atoms with E-state index >= 15 is 0 Å². The number of hydrogen-bond acceptors (Lipinski definition) is 6. The summed E-state index contributed by atoms with van der Waals surface area (Å²) in [6, 6.07) is 3.83. The van der Waals surface area contributed by atoms with Gasteiger partial charge in [-0.2, -0.15) is 5.26 Å². The SMILES string of the molecule is Cc1cc(C)nc(Sc2cnc(C#N)cn2)n1. The van der Waals surface area contributed by atoms with Gasteiger partial charge in [-0.05, 0) is 31.7 Å². The zero-order chi connectivity index (χ0) is 12.3. The van der Waals surface area contributed by atoms with Gasteiger partial charge in [-0.15, -0.1) is 0 Å². The highest BCUT2D eigenvalue weighted by Gasteiger charge is 2.04. The normalized spacial score (nSPS) is 9.94. The van der Waals surface area contributed by atoms with Crippen LogP contribution in [0.3, 0.4) is 0 Å². The highest BCUT2D eigenvalue weighted by atomic mass is 32.2. The molecule has 17 heavy (non-hydrogen) atoms. The molecule has 0 fully saturated rings. The van der Waals surface area contributed by atoms with Gasteiger partial charge in [0.05, 0.1) is 12.4 Å². The summed E-state index contributed by atoms with van der Waals surface area (Å²) in [5.74, 6) is 0. The van der Waals surface area contributed by atoms with Crippen LogP contribution in [0.4, 0.5) is 0 Å². The molecule has 2 aromatic rings. The molecular formula is C11H9N5S. The third kappa shape index (κ3) is 2.98. The van der Waals surface area contributed by atoms with Crippen LogP contribution in [0, 0.1) is 25.2 Å². The summed E-state index contributed by atoms with van der Waals surface area (Å²) < 4.78 is 0. The molecule has 84 valence electrons. The molecule has 2 heterocycles. The molecule has 0 amide bonds. The average Bonchev–Trinajstić information content (AvgIpc) is 2.28. The van der Waals surface area contributed by atoms with Crippen LogP contribution in [-0.4, -0.2) is 19.9 Å². The van der Waals surface area contributed by atoms with E-state index in [1.54, 1.807) is 6.20 Å². The average molecular weight is 243 g/mol. The molecule has 6 heteroatoms.